The number of H-pyrrole nitrogens is 1. The third-order valence-electron chi connectivity index (χ3n) is 3.83. The summed E-state index contributed by atoms with van der Waals surface area (Å²) < 4.78 is 16.3. The minimum atomic E-state index is -0.544. The van der Waals surface area contributed by atoms with Gasteiger partial charge in [-0.3, -0.25) is 9.78 Å². The van der Waals surface area contributed by atoms with E-state index in [0.29, 0.717) is 25.2 Å². The number of nitrogens with one attached hydrogen (secondary N) is 1. The normalized spacial score (nSPS) is 12.2. The molecule has 0 radical (unpaired) electrons. The van der Waals surface area contributed by atoms with E-state index in [1.54, 1.807) is 6.92 Å². The van der Waals surface area contributed by atoms with Gasteiger partial charge in [0.25, 0.3) is 11.6 Å². The van der Waals surface area contributed by atoms with Crippen LogP contribution in [0.2, 0.25) is 0 Å². The summed E-state index contributed by atoms with van der Waals surface area (Å²) in [5, 5.41) is 0.271. The quantitative estimate of drug-likeness (QED) is 0.699. The van der Waals surface area contributed by atoms with Crippen molar-refractivity contribution in [2.45, 2.75) is 33.0 Å². The highest BCUT2D eigenvalue weighted by atomic mass is 16.5. The average Bonchev–Trinajstić information content (AvgIpc) is 2.61. The van der Waals surface area contributed by atoms with Crippen LogP contribution in [0.4, 0.5) is 0 Å². The number of ether oxygens (including phenoxy) is 2. The molecule has 0 aliphatic rings. The highest BCUT2D eigenvalue weighted by molar-refractivity contribution is 5.75. The minimum absolute atomic E-state index is 0.00489. The zero-order valence-electron chi connectivity index (χ0n) is 14.7. The van der Waals surface area contributed by atoms with E-state index in [1.807, 2.05) is 37.3 Å². The second-order valence-corrected chi connectivity index (χ2v) is 5.92. The summed E-state index contributed by atoms with van der Waals surface area (Å²) >= 11 is 0. The summed E-state index contributed by atoms with van der Waals surface area (Å²) in [7, 11) is 0. The van der Waals surface area contributed by atoms with Gasteiger partial charge in [0, 0.05) is 6.07 Å². The van der Waals surface area contributed by atoms with E-state index in [-0.39, 0.29) is 23.2 Å². The fourth-order valence-corrected chi connectivity index (χ4v) is 2.61. The number of aromatic amines is 1. The van der Waals surface area contributed by atoms with Gasteiger partial charge in [-0.25, -0.2) is 4.79 Å². The average molecular weight is 356 g/mol. The Balaban J connectivity index is 1.70. The predicted octanol–water partition coefficient (Wildman–Crippen LogP) is 2.42. The van der Waals surface area contributed by atoms with Crippen LogP contribution < -0.4 is 15.9 Å². The summed E-state index contributed by atoms with van der Waals surface area (Å²) in [5.74, 6) is 0. The van der Waals surface area contributed by atoms with Crippen molar-refractivity contribution in [1.82, 2.24) is 9.97 Å². The monoisotopic (exact) mass is 356 g/mol. The van der Waals surface area contributed by atoms with Crippen molar-refractivity contribution in [1.29, 1.82) is 0 Å². The Labute approximate surface area is 149 Å². The second-order valence-electron chi connectivity index (χ2n) is 5.92. The van der Waals surface area contributed by atoms with E-state index in [9.17, 15) is 9.59 Å². The fourth-order valence-electron chi connectivity index (χ4n) is 2.61. The zero-order valence-corrected chi connectivity index (χ0v) is 14.7. The first kappa shape index (κ1) is 17.9. The topological polar surface area (TPSA) is 94.4 Å². The van der Waals surface area contributed by atoms with Gasteiger partial charge in [-0.05, 0) is 24.5 Å². The number of aromatic nitrogens is 2. The third-order valence-corrected chi connectivity index (χ3v) is 3.83. The molecule has 0 saturated carbocycles. The maximum Gasteiger partial charge on any atom is 0.337 e. The van der Waals surface area contributed by atoms with Crippen LogP contribution in [0.5, 0.6) is 6.01 Å². The van der Waals surface area contributed by atoms with Crippen molar-refractivity contribution in [2.75, 3.05) is 6.61 Å². The lowest BCUT2D eigenvalue weighted by Crippen LogP contribution is -2.22. The molecule has 1 N–H and O–H groups in total. The van der Waals surface area contributed by atoms with Crippen LogP contribution in [-0.4, -0.2) is 22.7 Å². The lowest BCUT2D eigenvalue weighted by atomic mass is 10.1. The van der Waals surface area contributed by atoms with Crippen LogP contribution in [0.1, 0.15) is 25.0 Å². The Bertz CT molecular complexity index is 994. The molecule has 0 saturated heterocycles. The summed E-state index contributed by atoms with van der Waals surface area (Å²) in [5.41, 5.74) is 0.688. The molecule has 136 valence electrons. The Morgan fingerprint density at radius 3 is 2.73 bits per heavy atom. The number of fused-ring (bicyclic) bond motifs is 1. The van der Waals surface area contributed by atoms with E-state index in [1.165, 1.54) is 6.07 Å². The van der Waals surface area contributed by atoms with Crippen LogP contribution in [0.15, 0.2) is 50.4 Å². The van der Waals surface area contributed by atoms with E-state index in [4.69, 9.17) is 13.9 Å². The molecule has 7 nitrogen and oxygen atoms in total. The van der Waals surface area contributed by atoms with Crippen LogP contribution in [0, 0.1) is 0 Å². The SMILES string of the molecule is CCc1cc(=O)oc2nc(OC(C)COCc3ccccc3)[nH]c(=O)c12. The van der Waals surface area contributed by atoms with Crippen molar-refractivity contribution in [3.05, 3.63) is 68.3 Å². The van der Waals surface area contributed by atoms with Crippen LogP contribution in [0.25, 0.3) is 11.1 Å². The van der Waals surface area contributed by atoms with Gasteiger partial charge in [-0.1, -0.05) is 37.3 Å². The van der Waals surface area contributed by atoms with Gasteiger partial charge in [-0.2, -0.15) is 4.98 Å². The van der Waals surface area contributed by atoms with Gasteiger partial charge in [-0.15, -0.1) is 0 Å². The summed E-state index contributed by atoms with van der Waals surface area (Å²) in [6.45, 7) is 4.43. The fraction of sp³-hybridized carbons (Fsp3) is 0.316. The molecular weight excluding hydrogens is 336 g/mol. The van der Waals surface area contributed by atoms with Gasteiger partial charge in [0.1, 0.15) is 11.5 Å². The Kier molecular flexibility index (Phi) is 5.48. The lowest BCUT2D eigenvalue weighted by Gasteiger charge is -2.14. The van der Waals surface area contributed by atoms with Crippen LogP contribution >= 0.6 is 0 Å². The van der Waals surface area contributed by atoms with Gasteiger partial charge < -0.3 is 13.9 Å². The van der Waals surface area contributed by atoms with E-state index in [2.05, 4.69) is 9.97 Å². The lowest BCUT2D eigenvalue weighted by molar-refractivity contribution is 0.0450. The Morgan fingerprint density at radius 2 is 2.00 bits per heavy atom. The molecule has 0 amide bonds. The maximum absolute atomic E-state index is 12.3. The molecule has 2 heterocycles. The van der Waals surface area contributed by atoms with Gasteiger partial charge in [0.2, 0.25) is 5.71 Å². The predicted molar refractivity (Wildman–Crippen MR) is 96.5 cm³/mol. The summed E-state index contributed by atoms with van der Waals surface area (Å²) in [6, 6.07) is 11.1. The number of nitrogens with zero attached hydrogens (tertiary/aromatic N) is 1. The zero-order chi connectivity index (χ0) is 18.5. The minimum Gasteiger partial charge on any atom is -0.459 e. The molecule has 3 rings (SSSR count). The number of rotatable bonds is 7. The number of aryl methyl sites for hydroxylation is 1. The largest absolute Gasteiger partial charge is 0.459 e. The molecule has 1 unspecified atom stereocenters. The summed E-state index contributed by atoms with van der Waals surface area (Å²) in [4.78, 5) is 30.6. The molecule has 26 heavy (non-hydrogen) atoms. The molecule has 0 aliphatic carbocycles. The van der Waals surface area contributed by atoms with Crippen molar-refractivity contribution < 1.29 is 13.9 Å². The van der Waals surface area contributed by atoms with E-state index < -0.39 is 11.2 Å². The van der Waals surface area contributed by atoms with Crippen LogP contribution in [-0.2, 0) is 17.8 Å². The molecule has 0 fully saturated rings. The first-order chi connectivity index (χ1) is 12.6. The van der Waals surface area contributed by atoms with Crippen molar-refractivity contribution in [3.63, 3.8) is 0 Å². The number of hydrogen-bond acceptors (Lipinski definition) is 6. The van der Waals surface area contributed by atoms with Crippen molar-refractivity contribution in [3.8, 4) is 6.01 Å². The van der Waals surface area contributed by atoms with Crippen molar-refractivity contribution >= 4 is 11.1 Å². The second kappa shape index (κ2) is 7.97. The summed E-state index contributed by atoms with van der Waals surface area (Å²) in [6.07, 6.45) is 0.178. The Morgan fingerprint density at radius 1 is 1.23 bits per heavy atom. The molecule has 1 atom stereocenters. The van der Waals surface area contributed by atoms with Crippen molar-refractivity contribution in [2.24, 2.45) is 0 Å². The standard InChI is InChI=1S/C19H20N2O5/c1-3-14-9-15(22)26-18-16(14)17(23)20-19(21-18)25-12(2)10-24-11-13-7-5-4-6-8-13/h4-9,12H,3,10-11H2,1-2H3,(H,20,21,23). The number of benzene rings is 1. The molecular formula is C19H20N2O5. The van der Waals surface area contributed by atoms with E-state index >= 15 is 0 Å². The molecule has 3 aromatic rings. The third kappa shape index (κ3) is 4.18. The molecule has 2 aromatic heterocycles. The maximum atomic E-state index is 12.3. The van der Waals surface area contributed by atoms with Crippen LogP contribution in [0.3, 0.4) is 0 Å². The highest BCUT2D eigenvalue weighted by Gasteiger charge is 2.14. The molecule has 0 bridgehead atoms. The first-order valence-corrected chi connectivity index (χ1v) is 8.42. The molecule has 1 aromatic carbocycles. The van der Waals surface area contributed by atoms with E-state index in [0.717, 1.165) is 5.56 Å². The Hall–Kier alpha value is -2.93. The van der Waals surface area contributed by atoms with Gasteiger partial charge in [0.15, 0.2) is 0 Å². The highest BCUT2D eigenvalue weighted by Crippen LogP contribution is 2.14. The molecule has 0 aliphatic heterocycles. The first-order valence-electron chi connectivity index (χ1n) is 8.42. The molecule has 0 spiro atoms. The van der Waals surface area contributed by atoms with Gasteiger partial charge >= 0.3 is 5.63 Å². The van der Waals surface area contributed by atoms with Gasteiger partial charge in [0.05, 0.1) is 13.2 Å². The molecule has 7 heteroatoms. The number of hydrogen-bond donors (Lipinski definition) is 1. The smallest absolute Gasteiger partial charge is 0.337 e.